The second-order valence-corrected chi connectivity index (χ2v) is 6.03. The molecule has 1 aromatic rings. The largest absolute Gasteiger partial charge is 0.503 e. The third kappa shape index (κ3) is 2.99. The van der Waals surface area contributed by atoms with Crippen molar-refractivity contribution >= 4 is 34.8 Å². The van der Waals surface area contributed by atoms with Crippen LogP contribution in [0.25, 0.3) is 0 Å². The van der Waals surface area contributed by atoms with E-state index < -0.39 is 18.3 Å². The molecule has 0 aliphatic carbocycles. The highest BCUT2D eigenvalue weighted by molar-refractivity contribution is 7.21. The molecular weight excluding hydrogens is 246 g/mol. The number of rotatable bonds is 4. The topological polar surface area (TPSA) is 49.7 Å². The minimum Gasteiger partial charge on any atom is -0.422 e. The zero-order valence-electron chi connectivity index (χ0n) is 9.82. The maximum atomic E-state index is 9.90. The number of hydrogen-bond acceptors (Lipinski definition) is 4. The van der Waals surface area contributed by atoms with Crippen molar-refractivity contribution in [3.63, 3.8) is 0 Å². The SMILES string of the molecule is CC(C)(O)C(C)(C)OB(O)c1sccc1Cl. The zero-order valence-corrected chi connectivity index (χ0v) is 11.4. The third-order valence-electron chi connectivity index (χ3n) is 2.75. The molecule has 90 valence electrons. The average molecular weight is 263 g/mol. The van der Waals surface area contributed by atoms with Gasteiger partial charge in [-0.25, -0.2) is 0 Å². The van der Waals surface area contributed by atoms with Gasteiger partial charge >= 0.3 is 7.12 Å². The second kappa shape index (κ2) is 4.66. The van der Waals surface area contributed by atoms with Gasteiger partial charge in [0.25, 0.3) is 0 Å². The van der Waals surface area contributed by atoms with Crippen LogP contribution < -0.4 is 4.78 Å². The van der Waals surface area contributed by atoms with Crippen molar-refractivity contribution in [2.24, 2.45) is 0 Å². The predicted molar refractivity (Wildman–Crippen MR) is 68.4 cm³/mol. The summed E-state index contributed by atoms with van der Waals surface area (Å²) >= 11 is 7.21. The number of halogens is 1. The molecule has 0 aliphatic rings. The van der Waals surface area contributed by atoms with Crippen LogP contribution in [0.3, 0.4) is 0 Å². The van der Waals surface area contributed by atoms with Crippen LogP contribution in [0.2, 0.25) is 5.02 Å². The second-order valence-electron chi connectivity index (χ2n) is 4.67. The molecule has 0 unspecified atom stereocenters. The maximum Gasteiger partial charge on any atom is 0.503 e. The fourth-order valence-corrected chi connectivity index (χ4v) is 2.02. The van der Waals surface area contributed by atoms with Crippen molar-refractivity contribution in [3.05, 3.63) is 16.5 Å². The van der Waals surface area contributed by atoms with E-state index in [0.717, 1.165) is 0 Å². The van der Waals surface area contributed by atoms with Gasteiger partial charge in [0.2, 0.25) is 0 Å². The lowest BCUT2D eigenvalue weighted by Gasteiger charge is -2.38. The minimum absolute atomic E-state index is 0.476. The highest BCUT2D eigenvalue weighted by Crippen LogP contribution is 2.26. The highest BCUT2D eigenvalue weighted by Gasteiger charge is 2.40. The average Bonchev–Trinajstić information content (AvgIpc) is 2.48. The molecule has 0 spiro atoms. The van der Waals surface area contributed by atoms with Gasteiger partial charge in [-0.2, -0.15) is 11.3 Å². The Morgan fingerprint density at radius 1 is 1.38 bits per heavy atom. The number of hydrogen-bond donors (Lipinski definition) is 2. The Morgan fingerprint density at radius 3 is 2.31 bits per heavy atom. The monoisotopic (exact) mass is 262 g/mol. The van der Waals surface area contributed by atoms with E-state index >= 15 is 0 Å². The van der Waals surface area contributed by atoms with Gasteiger partial charge in [-0.3, -0.25) is 0 Å². The van der Waals surface area contributed by atoms with Crippen molar-refractivity contribution in [3.8, 4) is 0 Å². The van der Waals surface area contributed by atoms with Gasteiger partial charge in [0, 0.05) is 0 Å². The molecule has 0 radical (unpaired) electrons. The van der Waals surface area contributed by atoms with Crippen LogP contribution in [0.5, 0.6) is 0 Å². The molecule has 0 aliphatic heterocycles. The minimum atomic E-state index is -1.12. The summed E-state index contributed by atoms with van der Waals surface area (Å²) in [4.78, 5) is 0. The summed E-state index contributed by atoms with van der Waals surface area (Å²) in [7, 11) is -1.12. The molecule has 1 rings (SSSR count). The summed E-state index contributed by atoms with van der Waals surface area (Å²) in [6.45, 7) is 6.71. The predicted octanol–water partition coefficient (Wildman–Crippen LogP) is 1.66. The normalized spacial score (nSPS) is 12.9. The van der Waals surface area contributed by atoms with Crippen molar-refractivity contribution in [2.45, 2.75) is 38.9 Å². The summed E-state index contributed by atoms with van der Waals surface area (Å²) < 4.78 is 6.01. The van der Waals surface area contributed by atoms with Crippen LogP contribution >= 0.6 is 22.9 Å². The highest BCUT2D eigenvalue weighted by atomic mass is 35.5. The van der Waals surface area contributed by atoms with Crippen molar-refractivity contribution < 1.29 is 14.8 Å². The Kier molecular flexibility index (Phi) is 4.08. The summed E-state index contributed by atoms with van der Waals surface area (Å²) in [6.07, 6.45) is 0. The van der Waals surface area contributed by atoms with Gasteiger partial charge in [0.15, 0.2) is 0 Å². The van der Waals surface area contributed by atoms with Crippen molar-refractivity contribution in [1.82, 2.24) is 0 Å². The Bertz CT molecular complexity index is 359. The molecule has 1 heterocycles. The standard InChI is InChI=1S/C10H16BClO3S/c1-9(2,13)10(3,4)15-11(14)8-7(12)5-6-16-8/h5-6,13-14H,1-4H3. The van der Waals surface area contributed by atoms with E-state index in [1.165, 1.54) is 11.3 Å². The Labute approximate surface area is 105 Å². The fourth-order valence-electron chi connectivity index (χ4n) is 0.958. The number of aliphatic hydroxyl groups is 1. The van der Waals surface area contributed by atoms with Crippen LogP contribution in [0, 0.1) is 0 Å². The van der Waals surface area contributed by atoms with E-state index in [2.05, 4.69) is 0 Å². The molecule has 0 saturated carbocycles. The summed E-state index contributed by atoms with van der Waals surface area (Å²) in [6, 6.07) is 1.70. The summed E-state index contributed by atoms with van der Waals surface area (Å²) in [5.41, 5.74) is -1.93. The molecule has 1 aromatic heterocycles. The van der Waals surface area contributed by atoms with E-state index in [9.17, 15) is 10.1 Å². The fraction of sp³-hybridized carbons (Fsp3) is 0.600. The van der Waals surface area contributed by atoms with Gasteiger partial charge in [-0.05, 0) is 39.1 Å². The van der Waals surface area contributed by atoms with Gasteiger partial charge in [0.05, 0.1) is 21.0 Å². The number of thiophene rings is 1. The van der Waals surface area contributed by atoms with Gasteiger partial charge in [0.1, 0.15) is 0 Å². The molecular formula is C10H16BClO3S. The smallest absolute Gasteiger partial charge is 0.422 e. The van der Waals surface area contributed by atoms with Gasteiger partial charge in [-0.15, -0.1) is 0 Å². The molecule has 0 fully saturated rings. The van der Waals surface area contributed by atoms with Crippen molar-refractivity contribution in [2.75, 3.05) is 0 Å². The third-order valence-corrected chi connectivity index (χ3v) is 4.14. The lowest BCUT2D eigenvalue weighted by molar-refractivity contribution is -0.0981. The van der Waals surface area contributed by atoms with Gasteiger partial charge < -0.3 is 14.8 Å². The summed E-state index contributed by atoms with van der Waals surface area (Å²) in [5.74, 6) is 0. The molecule has 16 heavy (non-hydrogen) atoms. The van der Waals surface area contributed by atoms with Crippen LogP contribution in [-0.2, 0) is 4.65 Å². The Morgan fingerprint density at radius 2 is 1.94 bits per heavy atom. The Balaban J connectivity index is 2.80. The first-order valence-electron chi connectivity index (χ1n) is 4.96. The molecule has 0 aromatic carbocycles. The zero-order chi connectivity index (χ0) is 12.6. The van der Waals surface area contributed by atoms with Gasteiger partial charge in [-0.1, -0.05) is 11.6 Å². The lowest BCUT2D eigenvalue weighted by Crippen LogP contribution is -2.52. The van der Waals surface area contributed by atoms with Crippen LogP contribution in [0.1, 0.15) is 27.7 Å². The maximum absolute atomic E-state index is 9.90. The molecule has 3 nitrogen and oxygen atoms in total. The summed E-state index contributed by atoms with van der Waals surface area (Å²) in [5, 5.41) is 22.0. The Hall–Kier alpha value is -0.0651. The lowest BCUT2D eigenvalue weighted by atomic mass is 9.82. The quantitative estimate of drug-likeness (QED) is 0.812. The van der Waals surface area contributed by atoms with Crippen LogP contribution in [0.4, 0.5) is 0 Å². The van der Waals surface area contributed by atoms with E-state index in [-0.39, 0.29) is 0 Å². The molecule has 0 bridgehead atoms. The van der Waals surface area contributed by atoms with E-state index in [1.54, 1.807) is 39.1 Å². The molecule has 0 amide bonds. The van der Waals surface area contributed by atoms with Crippen LogP contribution in [0.15, 0.2) is 11.4 Å². The van der Waals surface area contributed by atoms with E-state index in [4.69, 9.17) is 16.3 Å². The molecule has 2 N–H and O–H groups in total. The first kappa shape index (κ1) is 14.0. The molecule has 6 heteroatoms. The molecule has 0 atom stereocenters. The first-order chi connectivity index (χ1) is 7.15. The molecule has 0 saturated heterocycles. The van der Waals surface area contributed by atoms with Crippen molar-refractivity contribution in [1.29, 1.82) is 0 Å². The first-order valence-corrected chi connectivity index (χ1v) is 6.22. The van der Waals surface area contributed by atoms with Crippen LogP contribution in [-0.4, -0.2) is 28.5 Å². The van der Waals surface area contributed by atoms with E-state index in [0.29, 0.717) is 9.80 Å². The van der Waals surface area contributed by atoms with E-state index in [1.807, 2.05) is 0 Å².